The maximum atomic E-state index is 4.72. The molecule has 0 atom stereocenters. The molecule has 0 aromatic carbocycles. The van der Waals surface area contributed by atoms with Crippen LogP contribution in [-0.2, 0) is 21.7 Å². The van der Waals surface area contributed by atoms with Crippen LogP contribution in [0.25, 0.3) is 0 Å². The maximum absolute atomic E-state index is 4.72. The van der Waals surface area contributed by atoms with Crippen molar-refractivity contribution in [3.8, 4) is 0 Å². The van der Waals surface area contributed by atoms with Gasteiger partial charge in [-0.15, -0.1) is 0 Å². The van der Waals surface area contributed by atoms with Gasteiger partial charge in [-0.1, -0.05) is 0 Å². The Morgan fingerprint density at radius 2 is 1.20 bits per heavy atom. The quantitative estimate of drug-likeness (QED) is 0.261. The second-order valence-electron chi connectivity index (χ2n) is 0.385. The normalized spacial score (nSPS) is 4.00. The Hall–Kier alpha value is 0.194. The van der Waals surface area contributed by atoms with Gasteiger partial charge in [-0.05, 0) is 0 Å². The molecule has 0 heterocycles. The predicted octanol–water partition coefficient (Wildman–Crippen LogP) is 0.962. The van der Waals surface area contributed by atoms with Gasteiger partial charge >= 0.3 is 21.7 Å². The Labute approximate surface area is 47.5 Å². The summed E-state index contributed by atoms with van der Waals surface area (Å²) in [6.45, 7) is 9.44. The summed E-state index contributed by atoms with van der Waals surface area (Å²) < 4.78 is 0. The van der Waals surface area contributed by atoms with Gasteiger partial charge in [-0.25, -0.2) is 0 Å². The van der Waals surface area contributed by atoms with Gasteiger partial charge in [0.2, 0.25) is 0 Å². The third-order valence-electron chi connectivity index (χ3n) is 0.111. The molecule has 0 aliphatic rings. The Bertz CT molecular complexity index is 24.6. The van der Waals surface area contributed by atoms with Crippen LogP contribution in [0, 0.1) is 13.2 Å². The third kappa shape index (κ3) is 14.2. The van der Waals surface area contributed by atoms with E-state index in [1.807, 2.05) is 0 Å². The number of rotatable bonds is 1. The van der Waals surface area contributed by atoms with Gasteiger partial charge in [0, 0.05) is 0 Å². The molecule has 0 aliphatic heterocycles. The fourth-order valence-corrected chi connectivity index (χ4v) is 0. The molecular weight excluding hydrogens is 95.9 g/mol. The van der Waals surface area contributed by atoms with Gasteiger partial charge in [0.05, 0.1) is 0 Å². The van der Waals surface area contributed by atoms with Crippen LogP contribution in [0.5, 0.6) is 0 Å². The minimum atomic E-state index is 0. The minimum Gasteiger partial charge on any atom is -0.394 e. The number of hydrogen-bond donors (Lipinski definition) is 0. The van der Waals surface area contributed by atoms with Crippen LogP contribution >= 0.6 is 0 Å². The molecule has 0 fully saturated rings. The van der Waals surface area contributed by atoms with Crippen LogP contribution in [0.15, 0.2) is 12.2 Å². The van der Waals surface area contributed by atoms with Crippen molar-refractivity contribution in [2.45, 2.75) is 0 Å². The number of hydrogen-bond acceptors (Lipinski definition) is 0. The fourth-order valence-electron chi connectivity index (χ4n) is 0. The van der Waals surface area contributed by atoms with E-state index in [9.17, 15) is 0 Å². The van der Waals surface area contributed by atoms with E-state index in [0.29, 0.717) is 0 Å². The molecule has 5 heavy (non-hydrogen) atoms. The molecule has 24 valence electrons. The van der Waals surface area contributed by atoms with Crippen molar-refractivity contribution in [2.24, 2.45) is 0 Å². The van der Waals surface area contributed by atoms with Gasteiger partial charge in [0.15, 0.2) is 0 Å². The zero-order chi connectivity index (χ0) is 3.41. The largest absolute Gasteiger partial charge is 2.00 e. The van der Waals surface area contributed by atoms with E-state index in [-0.39, 0.29) is 21.7 Å². The minimum absolute atomic E-state index is 0. The van der Waals surface area contributed by atoms with E-state index in [1.165, 1.54) is 12.2 Å². The van der Waals surface area contributed by atoms with E-state index in [4.69, 9.17) is 13.2 Å². The van der Waals surface area contributed by atoms with Crippen molar-refractivity contribution in [3.05, 3.63) is 25.3 Å². The van der Waals surface area contributed by atoms with E-state index in [2.05, 4.69) is 0 Å². The molecule has 0 aliphatic carbocycles. The van der Waals surface area contributed by atoms with Crippen LogP contribution in [0.1, 0.15) is 0 Å². The molecule has 0 N–H and O–H groups in total. The molecule has 0 unspecified atom stereocenters. The molecule has 0 rings (SSSR count). The Morgan fingerprint density at radius 3 is 1.20 bits per heavy atom. The fraction of sp³-hybridized carbons (Fsp3) is 0. The van der Waals surface area contributed by atoms with E-state index in [1.54, 1.807) is 0 Å². The smallest absolute Gasteiger partial charge is 0.394 e. The molecule has 0 saturated heterocycles. The topological polar surface area (TPSA) is 0 Å². The molecule has 0 bridgehead atoms. The van der Waals surface area contributed by atoms with Crippen LogP contribution in [0.4, 0.5) is 0 Å². The monoisotopic (exact) mass is 100.0 g/mol. The summed E-state index contributed by atoms with van der Waals surface area (Å²) >= 11 is 0. The molecular formula is C4H4Ti. The molecule has 0 amide bonds. The summed E-state index contributed by atoms with van der Waals surface area (Å²) in [5.74, 6) is 0. The SMILES string of the molecule is [CH-]=CC=[CH-].[Ti+2]. The first-order chi connectivity index (χ1) is 1.91. The number of allylic oxidation sites excluding steroid dienone is 2. The maximum Gasteiger partial charge on any atom is 2.00 e. The first-order valence-electron chi connectivity index (χ1n) is 1.00. The third-order valence-corrected chi connectivity index (χ3v) is 0.111. The Kier molecular flexibility index (Phi) is 15.9. The van der Waals surface area contributed by atoms with Gasteiger partial charge < -0.3 is 25.3 Å². The van der Waals surface area contributed by atoms with Crippen molar-refractivity contribution in [2.75, 3.05) is 0 Å². The van der Waals surface area contributed by atoms with Crippen LogP contribution in [-0.4, -0.2) is 0 Å². The van der Waals surface area contributed by atoms with Crippen LogP contribution in [0.3, 0.4) is 0 Å². The standard InChI is InChI=1S/C4H4.Ti/c1-3-4-2;/h1-4H;/q-2;+2. The van der Waals surface area contributed by atoms with E-state index in [0.717, 1.165) is 0 Å². The van der Waals surface area contributed by atoms with Gasteiger partial charge in [-0.3, -0.25) is 0 Å². The molecule has 0 saturated carbocycles. The summed E-state index contributed by atoms with van der Waals surface area (Å²) in [5, 5.41) is 0. The summed E-state index contributed by atoms with van der Waals surface area (Å²) in [4.78, 5) is 0. The average molecular weight is 99.9 g/mol. The Morgan fingerprint density at radius 1 is 1.00 bits per heavy atom. The molecule has 0 radical (unpaired) electrons. The zero-order valence-electron chi connectivity index (χ0n) is 2.81. The van der Waals surface area contributed by atoms with E-state index >= 15 is 0 Å². The van der Waals surface area contributed by atoms with Crippen LogP contribution < -0.4 is 0 Å². The van der Waals surface area contributed by atoms with Crippen molar-refractivity contribution in [1.82, 2.24) is 0 Å². The predicted molar refractivity (Wildman–Crippen MR) is 17.7 cm³/mol. The molecule has 0 nitrogen and oxygen atoms in total. The van der Waals surface area contributed by atoms with Gasteiger partial charge in [0.25, 0.3) is 0 Å². The van der Waals surface area contributed by atoms with Gasteiger partial charge in [-0.2, -0.15) is 0 Å². The van der Waals surface area contributed by atoms with Crippen molar-refractivity contribution >= 4 is 0 Å². The summed E-state index contributed by atoms with van der Waals surface area (Å²) in [5.41, 5.74) is 0. The van der Waals surface area contributed by atoms with Crippen LogP contribution in [0.2, 0.25) is 0 Å². The molecule has 0 aromatic rings. The summed E-state index contributed by atoms with van der Waals surface area (Å²) in [7, 11) is 0. The van der Waals surface area contributed by atoms with Crippen molar-refractivity contribution < 1.29 is 21.7 Å². The second-order valence-corrected chi connectivity index (χ2v) is 0.385. The first-order valence-corrected chi connectivity index (χ1v) is 1.00. The molecule has 0 aromatic heterocycles. The molecule has 1 heteroatoms. The zero-order valence-corrected chi connectivity index (χ0v) is 4.37. The van der Waals surface area contributed by atoms with Gasteiger partial charge in [0.1, 0.15) is 0 Å². The van der Waals surface area contributed by atoms with Crippen molar-refractivity contribution in [3.63, 3.8) is 0 Å². The molecule has 0 spiro atoms. The second kappa shape index (κ2) is 8.89. The van der Waals surface area contributed by atoms with E-state index < -0.39 is 0 Å². The summed E-state index contributed by atoms with van der Waals surface area (Å²) in [6.07, 6.45) is 2.56. The van der Waals surface area contributed by atoms with Crippen molar-refractivity contribution in [1.29, 1.82) is 0 Å². The first kappa shape index (κ1) is 8.96. The Balaban J connectivity index is 0. The summed E-state index contributed by atoms with van der Waals surface area (Å²) in [6, 6.07) is 0. The average Bonchev–Trinajstić information content (AvgIpc) is 1.37.